The fourth-order valence-electron chi connectivity index (χ4n) is 3.16. The molecule has 0 unspecified atom stereocenters. The van der Waals surface area contributed by atoms with Crippen LogP contribution in [0.4, 0.5) is 11.4 Å². The van der Waals surface area contributed by atoms with Crippen molar-refractivity contribution in [2.75, 3.05) is 37.5 Å². The van der Waals surface area contributed by atoms with E-state index in [0.717, 1.165) is 18.8 Å². The van der Waals surface area contributed by atoms with E-state index in [1.165, 1.54) is 14.2 Å². The van der Waals surface area contributed by atoms with Gasteiger partial charge in [0.1, 0.15) is 11.1 Å². The molecule has 0 saturated heterocycles. The van der Waals surface area contributed by atoms with Crippen molar-refractivity contribution in [3.63, 3.8) is 0 Å². The summed E-state index contributed by atoms with van der Waals surface area (Å²) in [6, 6.07) is 12.1. The van der Waals surface area contributed by atoms with E-state index < -0.39 is 11.5 Å². The van der Waals surface area contributed by atoms with E-state index in [1.807, 2.05) is 18.2 Å². The van der Waals surface area contributed by atoms with Crippen molar-refractivity contribution in [1.82, 2.24) is 0 Å². The van der Waals surface area contributed by atoms with Crippen LogP contribution in [0.25, 0.3) is 11.0 Å². The van der Waals surface area contributed by atoms with E-state index in [2.05, 4.69) is 24.1 Å². The maximum Gasteiger partial charge on any atom is 0.349 e. The number of nitrogens with zero attached hydrogens (tertiary/aromatic N) is 1. The van der Waals surface area contributed by atoms with Gasteiger partial charge in [0, 0.05) is 42.0 Å². The first-order valence-electron chi connectivity index (χ1n) is 9.36. The third kappa shape index (κ3) is 4.18. The zero-order chi connectivity index (χ0) is 21.0. The lowest BCUT2D eigenvalue weighted by molar-refractivity contribution is 0.102. The molecular weight excluding hydrogens is 372 g/mol. The summed E-state index contributed by atoms with van der Waals surface area (Å²) in [7, 11) is 3.04. The van der Waals surface area contributed by atoms with Crippen molar-refractivity contribution in [3.8, 4) is 11.5 Å². The molecule has 1 heterocycles. The van der Waals surface area contributed by atoms with Crippen LogP contribution in [0.5, 0.6) is 11.5 Å². The first-order chi connectivity index (χ1) is 14.0. The van der Waals surface area contributed by atoms with Gasteiger partial charge in [-0.25, -0.2) is 4.79 Å². The summed E-state index contributed by atoms with van der Waals surface area (Å²) in [5.41, 5.74) is 1.13. The Morgan fingerprint density at radius 3 is 2.38 bits per heavy atom. The van der Waals surface area contributed by atoms with Gasteiger partial charge in [-0.15, -0.1) is 0 Å². The van der Waals surface area contributed by atoms with E-state index in [4.69, 9.17) is 13.9 Å². The van der Waals surface area contributed by atoms with Crippen molar-refractivity contribution in [2.24, 2.45) is 0 Å². The van der Waals surface area contributed by atoms with Gasteiger partial charge < -0.3 is 24.1 Å². The highest BCUT2D eigenvalue weighted by Gasteiger charge is 2.16. The third-order valence-electron chi connectivity index (χ3n) is 4.73. The minimum Gasteiger partial charge on any atom is -0.493 e. The van der Waals surface area contributed by atoms with E-state index in [-0.39, 0.29) is 5.56 Å². The van der Waals surface area contributed by atoms with Gasteiger partial charge in [0.2, 0.25) is 0 Å². The number of methoxy groups -OCH3 is 2. The van der Waals surface area contributed by atoms with Crippen molar-refractivity contribution >= 4 is 28.3 Å². The van der Waals surface area contributed by atoms with E-state index in [9.17, 15) is 9.59 Å². The SMILES string of the molecule is CCN(CC)c1ccc2cc(C(=O)Nc3ccc(OC)c(OC)c3)c(=O)oc2c1. The molecule has 2 aromatic carbocycles. The summed E-state index contributed by atoms with van der Waals surface area (Å²) in [6.45, 7) is 5.81. The molecule has 152 valence electrons. The highest BCUT2D eigenvalue weighted by Crippen LogP contribution is 2.30. The molecule has 1 aromatic heterocycles. The van der Waals surface area contributed by atoms with Crippen molar-refractivity contribution in [3.05, 3.63) is 58.4 Å². The van der Waals surface area contributed by atoms with Gasteiger partial charge in [-0.05, 0) is 44.2 Å². The number of anilines is 2. The molecule has 0 radical (unpaired) electrons. The Balaban J connectivity index is 1.91. The number of nitrogens with one attached hydrogen (secondary N) is 1. The second-order valence-electron chi connectivity index (χ2n) is 6.37. The Morgan fingerprint density at radius 1 is 1.00 bits per heavy atom. The largest absolute Gasteiger partial charge is 0.493 e. The van der Waals surface area contributed by atoms with Crippen LogP contribution in [0.3, 0.4) is 0 Å². The van der Waals surface area contributed by atoms with Crippen molar-refractivity contribution in [1.29, 1.82) is 0 Å². The molecule has 3 rings (SSSR count). The average molecular weight is 396 g/mol. The molecule has 29 heavy (non-hydrogen) atoms. The van der Waals surface area contributed by atoms with Crippen molar-refractivity contribution < 1.29 is 18.7 Å². The van der Waals surface area contributed by atoms with Gasteiger partial charge in [-0.3, -0.25) is 4.79 Å². The Bertz CT molecular complexity index is 1090. The topological polar surface area (TPSA) is 81.0 Å². The second kappa shape index (κ2) is 8.68. The molecule has 3 aromatic rings. The molecule has 0 aliphatic rings. The lowest BCUT2D eigenvalue weighted by Crippen LogP contribution is -2.22. The van der Waals surface area contributed by atoms with Crippen LogP contribution in [-0.4, -0.2) is 33.2 Å². The molecule has 0 bridgehead atoms. The Hall–Kier alpha value is -3.48. The summed E-state index contributed by atoms with van der Waals surface area (Å²) < 4.78 is 15.8. The molecule has 7 heteroatoms. The van der Waals surface area contributed by atoms with Crippen LogP contribution < -0.4 is 25.3 Å². The number of fused-ring (bicyclic) bond motifs is 1. The number of benzene rings is 2. The lowest BCUT2D eigenvalue weighted by Gasteiger charge is -2.21. The van der Waals surface area contributed by atoms with Crippen LogP contribution in [-0.2, 0) is 0 Å². The Morgan fingerprint density at radius 2 is 1.72 bits per heavy atom. The fourth-order valence-corrected chi connectivity index (χ4v) is 3.16. The van der Waals surface area contributed by atoms with Crippen LogP contribution in [0.2, 0.25) is 0 Å². The number of carbonyl (C=O) groups is 1. The molecule has 0 aliphatic carbocycles. The molecule has 0 saturated carbocycles. The quantitative estimate of drug-likeness (QED) is 0.610. The molecular formula is C22H24N2O5. The number of amides is 1. The molecule has 7 nitrogen and oxygen atoms in total. The monoisotopic (exact) mass is 396 g/mol. The van der Waals surface area contributed by atoms with Gasteiger partial charge in [0.15, 0.2) is 11.5 Å². The molecule has 0 atom stereocenters. The van der Waals surface area contributed by atoms with Crippen LogP contribution in [0, 0.1) is 0 Å². The molecule has 0 spiro atoms. The van der Waals surface area contributed by atoms with Crippen LogP contribution >= 0.6 is 0 Å². The predicted octanol–water partition coefficient (Wildman–Crippen LogP) is 3.91. The number of carbonyl (C=O) groups excluding carboxylic acids is 1. The van der Waals surface area contributed by atoms with Gasteiger partial charge in [-0.1, -0.05) is 0 Å². The highest BCUT2D eigenvalue weighted by molar-refractivity contribution is 6.05. The first-order valence-corrected chi connectivity index (χ1v) is 9.36. The van der Waals surface area contributed by atoms with E-state index in [1.54, 1.807) is 24.3 Å². The Kier molecular flexibility index (Phi) is 6.07. The van der Waals surface area contributed by atoms with Gasteiger partial charge >= 0.3 is 5.63 Å². The average Bonchev–Trinajstić information content (AvgIpc) is 2.73. The first kappa shape index (κ1) is 20.3. The molecule has 0 aliphatic heterocycles. The predicted molar refractivity (Wildman–Crippen MR) is 114 cm³/mol. The summed E-state index contributed by atoms with van der Waals surface area (Å²) in [5, 5.41) is 3.37. The summed E-state index contributed by atoms with van der Waals surface area (Å²) in [6.07, 6.45) is 0. The zero-order valence-corrected chi connectivity index (χ0v) is 16.9. The molecule has 0 fully saturated rings. The number of hydrogen-bond donors (Lipinski definition) is 1. The summed E-state index contributed by atoms with van der Waals surface area (Å²) >= 11 is 0. The third-order valence-corrected chi connectivity index (χ3v) is 4.73. The van der Waals surface area contributed by atoms with Crippen LogP contribution in [0.15, 0.2) is 51.7 Å². The zero-order valence-electron chi connectivity index (χ0n) is 16.9. The number of ether oxygens (including phenoxy) is 2. The maximum absolute atomic E-state index is 12.6. The van der Waals surface area contributed by atoms with E-state index >= 15 is 0 Å². The fraction of sp³-hybridized carbons (Fsp3) is 0.273. The summed E-state index contributed by atoms with van der Waals surface area (Å²) in [5.74, 6) is 0.459. The standard InChI is InChI=1S/C22H24N2O5/c1-5-24(6-2)16-9-7-14-11-17(22(26)29-19(14)13-16)21(25)23-15-8-10-18(27-3)20(12-15)28-4/h7-13H,5-6H2,1-4H3,(H,23,25). The van der Waals surface area contributed by atoms with E-state index in [0.29, 0.717) is 28.2 Å². The minimum absolute atomic E-state index is 0.0668. The lowest BCUT2D eigenvalue weighted by atomic mass is 10.1. The minimum atomic E-state index is -0.688. The van der Waals surface area contributed by atoms with Crippen LogP contribution in [0.1, 0.15) is 24.2 Å². The number of rotatable bonds is 7. The normalized spacial score (nSPS) is 10.6. The highest BCUT2D eigenvalue weighted by atomic mass is 16.5. The molecule has 1 N–H and O–H groups in total. The van der Waals surface area contributed by atoms with Gasteiger partial charge in [0.05, 0.1) is 14.2 Å². The van der Waals surface area contributed by atoms with Gasteiger partial charge in [-0.2, -0.15) is 0 Å². The molecule has 1 amide bonds. The van der Waals surface area contributed by atoms with Gasteiger partial charge in [0.25, 0.3) is 5.91 Å². The van der Waals surface area contributed by atoms with Crippen molar-refractivity contribution in [2.45, 2.75) is 13.8 Å². The maximum atomic E-state index is 12.6. The second-order valence-corrected chi connectivity index (χ2v) is 6.37. The summed E-state index contributed by atoms with van der Waals surface area (Å²) in [4.78, 5) is 27.2. The number of hydrogen-bond acceptors (Lipinski definition) is 6. The smallest absolute Gasteiger partial charge is 0.349 e. The Labute approximate surface area is 168 Å².